The lowest BCUT2D eigenvalue weighted by molar-refractivity contribution is 0.632. The molecule has 0 saturated heterocycles. The molecule has 0 unspecified atom stereocenters. The van der Waals surface area contributed by atoms with Crippen molar-refractivity contribution in [2.75, 3.05) is 4.90 Å². The van der Waals surface area contributed by atoms with Gasteiger partial charge in [0.15, 0.2) is 0 Å². The van der Waals surface area contributed by atoms with Gasteiger partial charge >= 0.3 is 0 Å². The van der Waals surface area contributed by atoms with Crippen LogP contribution < -0.4 is 19.7 Å². The first kappa shape index (κ1) is 30.7. The molecule has 0 fully saturated rings. The molecule has 8 rings (SSSR count). The first-order valence-electron chi connectivity index (χ1n) is 15.4. The first-order valence-corrected chi connectivity index (χ1v) is 17.8. The van der Waals surface area contributed by atoms with Crippen LogP contribution in [-0.2, 0) is 12.5 Å². The highest BCUT2D eigenvalue weighted by molar-refractivity contribution is 7.19. The SMILES string of the molecule is [C-]#[N+]/C(C#N)=c1\s/c(=C\c2ccc(-c3ccc(-c4ccc5c(c4)C(C)(C)c4ccccc4N5c4ccccc4)s3)c3nsnc23)c(=O)n1C. The number of hydrogen-bond donors (Lipinski definition) is 0. The lowest BCUT2D eigenvalue weighted by atomic mass is 9.73. The van der Waals surface area contributed by atoms with Crippen molar-refractivity contribution in [3.05, 3.63) is 145 Å². The molecule has 0 saturated carbocycles. The second kappa shape index (κ2) is 11.8. The molecular weight excluding hydrogens is 665 g/mol. The van der Waals surface area contributed by atoms with Crippen LogP contribution in [0.5, 0.6) is 0 Å². The van der Waals surface area contributed by atoms with Crippen molar-refractivity contribution in [1.29, 1.82) is 5.26 Å². The zero-order valence-corrected chi connectivity index (χ0v) is 29.1. The van der Waals surface area contributed by atoms with Crippen molar-refractivity contribution in [2.24, 2.45) is 7.05 Å². The van der Waals surface area contributed by atoms with Gasteiger partial charge in [-0.05, 0) is 65.2 Å². The van der Waals surface area contributed by atoms with E-state index in [1.807, 2.05) is 24.3 Å². The summed E-state index contributed by atoms with van der Waals surface area (Å²) in [6.07, 6.45) is 1.77. The minimum absolute atomic E-state index is 0.102. The quantitative estimate of drug-likeness (QED) is 0.174. The van der Waals surface area contributed by atoms with Crippen molar-refractivity contribution >= 4 is 74.3 Å². The summed E-state index contributed by atoms with van der Waals surface area (Å²) < 4.78 is 11.4. The van der Waals surface area contributed by atoms with Crippen LogP contribution in [0.3, 0.4) is 0 Å². The number of thiophene rings is 1. The number of nitriles is 1. The van der Waals surface area contributed by atoms with E-state index in [2.05, 4.69) is 111 Å². The molecule has 4 heterocycles. The Morgan fingerprint density at radius 3 is 2.41 bits per heavy atom. The van der Waals surface area contributed by atoms with Gasteiger partial charge in [-0.3, -0.25) is 4.79 Å². The average Bonchev–Trinajstić information content (AvgIpc) is 3.88. The molecule has 0 radical (unpaired) electrons. The zero-order valence-electron chi connectivity index (χ0n) is 26.6. The summed E-state index contributed by atoms with van der Waals surface area (Å²) in [6, 6.07) is 36.2. The summed E-state index contributed by atoms with van der Waals surface area (Å²) in [5.41, 5.74) is 9.89. The summed E-state index contributed by atoms with van der Waals surface area (Å²) in [4.78, 5) is 20.9. The molecule has 0 bridgehead atoms. The van der Waals surface area contributed by atoms with E-state index < -0.39 is 0 Å². The van der Waals surface area contributed by atoms with Crippen molar-refractivity contribution in [3.63, 3.8) is 0 Å². The smallest absolute Gasteiger partial charge is 0.294 e. The minimum Gasteiger partial charge on any atom is -0.310 e. The van der Waals surface area contributed by atoms with Crippen molar-refractivity contribution < 1.29 is 0 Å². The number of hydrogen-bond acceptors (Lipinski definition) is 8. The van der Waals surface area contributed by atoms with E-state index >= 15 is 0 Å². The van der Waals surface area contributed by atoms with Crippen LogP contribution in [0.15, 0.2) is 102 Å². The molecule has 0 atom stereocenters. The maximum absolute atomic E-state index is 13.0. The molecule has 7 nitrogen and oxygen atoms in total. The summed E-state index contributed by atoms with van der Waals surface area (Å²) in [6.45, 7) is 11.9. The number of fused-ring (bicyclic) bond motifs is 3. The molecule has 0 aliphatic carbocycles. The van der Waals surface area contributed by atoms with E-state index in [0.717, 1.165) is 60.7 Å². The summed E-state index contributed by atoms with van der Waals surface area (Å²) in [7, 11) is 1.58. The lowest BCUT2D eigenvalue weighted by Gasteiger charge is -2.42. The van der Waals surface area contributed by atoms with Crippen molar-refractivity contribution in [2.45, 2.75) is 19.3 Å². The van der Waals surface area contributed by atoms with Crippen LogP contribution in [0.25, 0.3) is 48.5 Å². The van der Waals surface area contributed by atoms with Crippen LogP contribution in [0, 0.1) is 17.9 Å². The highest BCUT2D eigenvalue weighted by Crippen LogP contribution is 2.52. The monoisotopic (exact) mass is 690 g/mol. The third kappa shape index (κ3) is 4.92. The van der Waals surface area contributed by atoms with E-state index in [0.29, 0.717) is 14.7 Å². The zero-order chi connectivity index (χ0) is 33.9. The molecule has 236 valence electrons. The second-order valence-electron chi connectivity index (χ2n) is 12.2. The van der Waals surface area contributed by atoms with Gasteiger partial charge in [0.25, 0.3) is 11.3 Å². The van der Waals surface area contributed by atoms with Crippen molar-refractivity contribution in [1.82, 2.24) is 13.3 Å². The van der Waals surface area contributed by atoms with Crippen molar-refractivity contribution in [3.8, 4) is 27.0 Å². The first-order chi connectivity index (χ1) is 23.8. The number of nitrogens with zero attached hydrogens (tertiary/aromatic N) is 6. The van der Waals surface area contributed by atoms with Gasteiger partial charge in [-0.25, -0.2) is 10.1 Å². The van der Waals surface area contributed by atoms with Gasteiger partial charge in [-0.1, -0.05) is 68.4 Å². The van der Waals surface area contributed by atoms with Gasteiger partial charge in [0.05, 0.1) is 40.3 Å². The Morgan fingerprint density at radius 2 is 1.61 bits per heavy atom. The van der Waals surface area contributed by atoms with E-state index in [1.54, 1.807) is 24.5 Å². The molecule has 4 aromatic carbocycles. The molecule has 7 aromatic rings. The van der Waals surface area contributed by atoms with Gasteiger partial charge in [-0.2, -0.15) is 8.75 Å². The van der Waals surface area contributed by atoms with E-state index in [4.69, 9.17) is 6.57 Å². The van der Waals surface area contributed by atoms with Gasteiger partial charge in [0.1, 0.15) is 15.7 Å². The van der Waals surface area contributed by atoms with E-state index in [9.17, 15) is 10.1 Å². The van der Waals surface area contributed by atoms with Gasteiger partial charge < -0.3 is 9.47 Å². The molecule has 0 spiro atoms. The fraction of sp³-hybridized carbons (Fsp3) is 0.103. The van der Waals surface area contributed by atoms with Crippen LogP contribution in [0.2, 0.25) is 0 Å². The lowest BCUT2D eigenvalue weighted by Crippen LogP contribution is -2.30. The summed E-state index contributed by atoms with van der Waals surface area (Å²) in [5, 5.41) is 9.35. The highest BCUT2D eigenvalue weighted by Gasteiger charge is 2.37. The molecule has 3 aromatic heterocycles. The largest absolute Gasteiger partial charge is 0.310 e. The number of anilines is 3. The fourth-order valence-corrected chi connectivity index (χ4v) is 9.22. The molecule has 1 aliphatic heterocycles. The molecule has 1 aliphatic rings. The minimum atomic E-state index is -0.261. The fourth-order valence-electron chi connectivity index (χ4n) is 6.58. The Hall–Kier alpha value is -5.65. The number of benzene rings is 4. The number of para-hydroxylation sites is 2. The predicted molar refractivity (Wildman–Crippen MR) is 201 cm³/mol. The van der Waals surface area contributed by atoms with Gasteiger partial charge in [0.2, 0.25) is 0 Å². The molecule has 0 N–H and O–H groups in total. The van der Waals surface area contributed by atoms with Gasteiger partial charge in [0, 0.05) is 39.0 Å². The Bertz CT molecular complexity index is 2700. The average molecular weight is 691 g/mol. The maximum Gasteiger partial charge on any atom is 0.294 e. The summed E-state index contributed by atoms with van der Waals surface area (Å²) >= 11 is 3.98. The Balaban J connectivity index is 1.20. The van der Waals surface area contributed by atoms with Crippen LogP contribution in [0.1, 0.15) is 30.5 Å². The Labute approximate surface area is 294 Å². The number of aromatic nitrogens is 3. The van der Waals surface area contributed by atoms with Crippen LogP contribution in [0.4, 0.5) is 17.1 Å². The van der Waals surface area contributed by atoms with E-state index in [-0.39, 0.29) is 16.7 Å². The topological polar surface area (TPSA) is 79.2 Å². The standard InChI is InChI=1S/C39H26N6OS3/c1-39(2)27-12-8-9-13-30(27)45(25-10-6-5-7-11-25)31-17-15-23(20-28(31)39)32-18-19-33(47-32)26-16-14-24(35-36(26)43-49-42-35)21-34-37(46)44(4)38(48-34)29(22-40)41-3/h5-21H,1-2,4H3/b34-21-,38-29-. The normalized spacial score (nSPS) is 14.2. The highest BCUT2D eigenvalue weighted by atomic mass is 32.1. The predicted octanol–water partition coefficient (Wildman–Crippen LogP) is 8.34. The number of thiazole rings is 1. The molecule has 0 amide bonds. The Kier molecular flexibility index (Phi) is 7.38. The second-order valence-corrected chi connectivity index (χ2v) is 14.9. The number of rotatable bonds is 4. The van der Waals surface area contributed by atoms with Crippen LogP contribution in [-0.4, -0.2) is 13.3 Å². The maximum atomic E-state index is 13.0. The molecule has 10 heteroatoms. The third-order valence-corrected chi connectivity index (χ3v) is 11.9. The molecular formula is C39H26N6OS3. The molecule has 49 heavy (non-hydrogen) atoms. The van der Waals surface area contributed by atoms with Gasteiger partial charge in [-0.15, -0.1) is 22.7 Å². The van der Waals surface area contributed by atoms with Crippen LogP contribution >= 0.6 is 34.4 Å². The Morgan fingerprint density at radius 1 is 0.878 bits per heavy atom. The third-order valence-electron chi connectivity index (χ3n) is 9.08. The summed E-state index contributed by atoms with van der Waals surface area (Å²) in [5.74, 6) is 0. The van der Waals surface area contributed by atoms with E-state index in [1.165, 1.54) is 27.1 Å².